The van der Waals surface area contributed by atoms with Crippen molar-refractivity contribution in [3.05, 3.63) is 27.7 Å². The third-order valence-corrected chi connectivity index (χ3v) is 3.90. The largest absolute Gasteiger partial charge is 0.381 e. The molecule has 1 aromatic rings. The van der Waals surface area contributed by atoms with Gasteiger partial charge in [-0.1, -0.05) is 11.6 Å². The zero-order valence-electron chi connectivity index (χ0n) is 8.63. The fourth-order valence-electron chi connectivity index (χ4n) is 1.87. The lowest BCUT2D eigenvalue weighted by Crippen LogP contribution is -2.23. The van der Waals surface area contributed by atoms with E-state index in [4.69, 9.17) is 11.6 Å². The lowest BCUT2D eigenvalue weighted by Gasteiger charge is -2.14. The number of nitrogens with one attached hydrogen (secondary N) is 1. The van der Waals surface area contributed by atoms with Crippen molar-refractivity contribution in [3.8, 4) is 0 Å². The van der Waals surface area contributed by atoms with E-state index in [1.54, 1.807) is 0 Å². The molecule has 2 rings (SSSR count). The summed E-state index contributed by atoms with van der Waals surface area (Å²) in [5, 5.41) is 4.26. The zero-order chi connectivity index (χ0) is 10.8. The van der Waals surface area contributed by atoms with Crippen LogP contribution < -0.4 is 5.32 Å². The number of likely N-dealkylation sites (N-methyl/N-ethyl adjacent to an activating group) is 1. The molecular formula is C11H14BrClN2. The summed E-state index contributed by atoms with van der Waals surface area (Å²) >= 11 is 9.36. The second-order valence-electron chi connectivity index (χ2n) is 4.02. The number of nitrogens with zero attached hydrogens (tertiary/aromatic N) is 1. The van der Waals surface area contributed by atoms with Gasteiger partial charge in [0.15, 0.2) is 0 Å². The van der Waals surface area contributed by atoms with E-state index in [9.17, 15) is 0 Å². The summed E-state index contributed by atoms with van der Waals surface area (Å²) in [5.74, 6) is 0. The Bertz CT molecular complexity index is 356. The molecule has 15 heavy (non-hydrogen) atoms. The molecule has 0 aromatic heterocycles. The van der Waals surface area contributed by atoms with E-state index < -0.39 is 0 Å². The lowest BCUT2D eigenvalue weighted by atomic mass is 10.2. The number of rotatable bonds is 2. The third kappa shape index (κ3) is 2.86. The van der Waals surface area contributed by atoms with Gasteiger partial charge in [0.2, 0.25) is 0 Å². The van der Waals surface area contributed by atoms with Crippen LogP contribution in [-0.4, -0.2) is 31.1 Å². The SMILES string of the molecule is CN1CCC(Nc2ccc(Cl)c(Br)c2)C1. The topological polar surface area (TPSA) is 15.3 Å². The molecule has 0 aliphatic carbocycles. The molecule has 0 bridgehead atoms. The number of halogens is 2. The molecule has 2 nitrogen and oxygen atoms in total. The molecule has 82 valence electrons. The Kier molecular flexibility index (Phi) is 3.54. The van der Waals surface area contributed by atoms with Crippen LogP contribution in [0.25, 0.3) is 0 Å². The first-order chi connectivity index (χ1) is 7.15. The maximum atomic E-state index is 5.94. The van der Waals surface area contributed by atoms with Gasteiger partial charge >= 0.3 is 0 Å². The molecule has 1 aliphatic heterocycles. The highest BCUT2D eigenvalue weighted by atomic mass is 79.9. The van der Waals surface area contributed by atoms with Crippen molar-refractivity contribution in [1.29, 1.82) is 0 Å². The van der Waals surface area contributed by atoms with E-state index in [2.05, 4.69) is 33.2 Å². The van der Waals surface area contributed by atoms with Crippen molar-refractivity contribution in [2.24, 2.45) is 0 Å². The molecule has 1 atom stereocenters. The summed E-state index contributed by atoms with van der Waals surface area (Å²) in [4.78, 5) is 2.34. The van der Waals surface area contributed by atoms with Crippen LogP contribution in [0.1, 0.15) is 6.42 Å². The number of anilines is 1. The van der Waals surface area contributed by atoms with Crippen molar-refractivity contribution in [3.63, 3.8) is 0 Å². The van der Waals surface area contributed by atoms with Crippen LogP contribution in [0.5, 0.6) is 0 Å². The van der Waals surface area contributed by atoms with Crippen LogP contribution in [-0.2, 0) is 0 Å². The van der Waals surface area contributed by atoms with Gasteiger partial charge in [0, 0.05) is 22.7 Å². The minimum atomic E-state index is 0.558. The number of hydrogen-bond acceptors (Lipinski definition) is 2. The summed E-state index contributed by atoms with van der Waals surface area (Å²) in [7, 11) is 2.15. The van der Waals surface area contributed by atoms with Gasteiger partial charge < -0.3 is 10.2 Å². The molecule has 1 N–H and O–H groups in total. The second-order valence-corrected chi connectivity index (χ2v) is 5.28. The lowest BCUT2D eigenvalue weighted by molar-refractivity contribution is 0.414. The van der Waals surface area contributed by atoms with Crippen LogP contribution >= 0.6 is 27.5 Å². The second kappa shape index (κ2) is 4.73. The molecular weight excluding hydrogens is 275 g/mol. The smallest absolute Gasteiger partial charge is 0.0549 e. The molecule has 1 unspecified atom stereocenters. The molecule has 0 saturated carbocycles. The minimum Gasteiger partial charge on any atom is -0.381 e. The van der Waals surface area contributed by atoms with Crippen molar-refractivity contribution in [2.45, 2.75) is 12.5 Å². The Morgan fingerprint density at radius 1 is 1.53 bits per heavy atom. The number of hydrogen-bond donors (Lipinski definition) is 1. The summed E-state index contributed by atoms with van der Waals surface area (Å²) < 4.78 is 0.945. The van der Waals surface area contributed by atoms with Gasteiger partial charge in [-0.05, 0) is 54.1 Å². The number of likely N-dealkylation sites (tertiary alicyclic amines) is 1. The summed E-state index contributed by atoms with van der Waals surface area (Å²) in [5.41, 5.74) is 1.13. The first-order valence-corrected chi connectivity index (χ1v) is 6.22. The van der Waals surface area contributed by atoms with Crippen LogP contribution in [0.15, 0.2) is 22.7 Å². The Morgan fingerprint density at radius 2 is 2.33 bits per heavy atom. The molecule has 1 aliphatic rings. The van der Waals surface area contributed by atoms with Gasteiger partial charge in [0.25, 0.3) is 0 Å². The van der Waals surface area contributed by atoms with Crippen LogP contribution in [0, 0.1) is 0 Å². The van der Waals surface area contributed by atoms with E-state index in [0.29, 0.717) is 6.04 Å². The van der Waals surface area contributed by atoms with Crippen molar-refractivity contribution < 1.29 is 0 Å². The molecule has 1 aromatic carbocycles. The van der Waals surface area contributed by atoms with E-state index in [1.165, 1.54) is 13.0 Å². The minimum absolute atomic E-state index is 0.558. The standard InChI is InChI=1S/C11H14BrClN2/c1-15-5-4-9(7-15)14-8-2-3-11(13)10(12)6-8/h2-3,6,9,14H,4-5,7H2,1H3. The van der Waals surface area contributed by atoms with Crippen molar-refractivity contribution in [2.75, 3.05) is 25.5 Å². The maximum absolute atomic E-state index is 5.94. The van der Waals surface area contributed by atoms with Crippen molar-refractivity contribution >= 4 is 33.2 Å². The van der Waals surface area contributed by atoms with Gasteiger partial charge in [0.1, 0.15) is 0 Å². The van der Waals surface area contributed by atoms with Crippen LogP contribution in [0.4, 0.5) is 5.69 Å². The molecule has 0 radical (unpaired) electrons. The summed E-state index contributed by atoms with van der Waals surface area (Å²) in [6, 6.07) is 6.52. The fourth-order valence-corrected chi connectivity index (χ4v) is 2.37. The average Bonchev–Trinajstić information content (AvgIpc) is 2.58. The molecule has 0 amide bonds. The summed E-state index contributed by atoms with van der Waals surface area (Å²) in [6.45, 7) is 2.28. The van der Waals surface area contributed by atoms with E-state index in [0.717, 1.165) is 21.7 Å². The molecule has 1 fully saturated rings. The Labute approximate surface area is 104 Å². The molecule has 4 heteroatoms. The highest BCUT2D eigenvalue weighted by Crippen LogP contribution is 2.26. The van der Waals surface area contributed by atoms with Gasteiger partial charge in [-0.2, -0.15) is 0 Å². The number of benzene rings is 1. The van der Waals surface area contributed by atoms with E-state index in [-0.39, 0.29) is 0 Å². The highest BCUT2D eigenvalue weighted by Gasteiger charge is 2.18. The predicted molar refractivity (Wildman–Crippen MR) is 68.7 cm³/mol. The Hall–Kier alpha value is -0.250. The fraction of sp³-hybridized carbons (Fsp3) is 0.455. The molecule has 1 saturated heterocycles. The van der Waals surface area contributed by atoms with E-state index >= 15 is 0 Å². The van der Waals surface area contributed by atoms with Crippen LogP contribution in [0.2, 0.25) is 5.02 Å². The maximum Gasteiger partial charge on any atom is 0.0549 e. The van der Waals surface area contributed by atoms with Gasteiger partial charge in [-0.3, -0.25) is 0 Å². The third-order valence-electron chi connectivity index (χ3n) is 2.68. The Morgan fingerprint density at radius 3 is 2.93 bits per heavy atom. The highest BCUT2D eigenvalue weighted by molar-refractivity contribution is 9.10. The quantitative estimate of drug-likeness (QED) is 0.899. The van der Waals surface area contributed by atoms with Gasteiger partial charge in [-0.15, -0.1) is 0 Å². The normalized spacial score (nSPS) is 21.9. The van der Waals surface area contributed by atoms with Crippen LogP contribution in [0.3, 0.4) is 0 Å². The first kappa shape index (κ1) is 11.2. The average molecular weight is 290 g/mol. The van der Waals surface area contributed by atoms with Crippen molar-refractivity contribution in [1.82, 2.24) is 4.90 Å². The van der Waals surface area contributed by atoms with Gasteiger partial charge in [0.05, 0.1) is 5.02 Å². The van der Waals surface area contributed by atoms with Gasteiger partial charge in [-0.25, -0.2) is 0 Å². The molecule has 1 heterocycles. The monoisotopic (exact) mass is 288 g/mol. The zero-order valence-corrected chi connectivity index (χ0v) is 11.0. The summed E-state index contributed by atoms with van der Waals surface area (Å²) in [6.07, 6.45) is 1.21. The molecule has 0 spiro atoms. The Balaban J connectivity index is 2.02. The van der Waals surface area contributed by atoms with E-state index in [1.807, 2.05) is 18.2 Å². The predicted octanol–water partition coefficient (Wildman–Crippen LogP) is 3.22. The first-order valence-electron chi connectivity index (χ1n) is 5.05.